The molecule has 0 radical (unpaired) electrons. The topological polar surface area (TPSA) is 111 Å². The van der Waals surface area contributed by atoms with Crippen LogP contribution >= 0.6 is 0 Å². The summed E-state index contributed by atoms with van der Waals surface area (Å²) < 4.78 is 6.51. The van der Waals surface area contributed by atoms with Crippen molar-refractivity contribution in [3.05, 3.63) is 46.5 Å². The molecule has 3 N–H and O–H groups in total. The molecule has 0 aliphatic carbocycles. The molecule has 1 aliphatic heterocycles. The number of morpholine rings is 1. The van der Waals surface area contributed by atoms with E-state index in [2.05, 4.69) is 4.98 Å². The summed E-state index contributed by atoms with van der Waals surface area (Å²) in [5.74, 6) is -0.0133. The molecule has 8 nitrogen and oxygen atoms in total. The smallest absolute Gasteiger partial charge is 0.260 e. The average molecular weight is 330 g/mol. The van der Waals surface area contributed by atoms with Gasteiger partial charge in [0.05, 0.1) is 25.3 Å². The molecule has 3 rings (SSSR count). The van der Waals surface area contributed by atoms with E-state index in [9.17, 15) is 14.7 Å². The van der Waals surface area contributed by atoms with Gasteiger partial charge >= 0.3 is 0 Å². The molecule has 2 heterocycles. The first-order valence-corrected chi connectivity index (χ1v) is 7.58. The van der Waals surface area contributed by atoms with E-state index < -0.39 is 5.91 Å². The largest absolute Gasteiger partial charge is 0.506 e. The number of ether oxygens (including phenoxy) is 1. The summed E-state index contributed by atoms with van der Waals surface area (Å²) in [6.07, 6.45) is -0.207. The van der Waals surface area contributed by atoms with Gasteiger partial charge in [-0.15, -0.1) is 0 Å². The number of amides is 1. The molecule has 2 aromatic rings. The van der Waals surface area contributed by atoms with Crippen molar-refractivity contribution in [2.75, 3.05) is 31.2 Å². The standard InChI is InChI=1S/C16H18N4O4/c17-13(22)9-15-18-14(19-5-7-24-8-6-19)10-16(23)20(15)11-3-1-2-4-12(11)21/h1-4,10,21H,5-9H2,(H2,17,22). The molecule has 126 valence electrons. The molecular formula is C16H18N4O4. The molecule has 1 amide bonds. The van der Waals surface area contributed by atoms with Crippen LogP contribution in [0.4, 0.5) is 5.82 Å². The van der Waals surface area contributed by atoms with Gasteiger partial charge in [0.25, 0.3) is 5.56 Å². The van der Waals surface area contributed by atoms with Gasteiger partial charge in [-0.3, -0.25) is 14.2 Å². The highest BCUT2D eigenvalue weighted by Crippen LogP contribution is 2.21. The summed E-state index contributed by atoms with van der Waals surface area (Å²) in [6.45, 7) is 2.33. The van der Waals surface area contributed by atoms with E-state index >= 15 is 0 Å². The third-order valence-electron chi connectivity index (χ3n) is 3.76. The second kappa shape index (κ2) is 6.71. The molecule has 0 spiro atoms. The number of phenolic OH excluding ortho intramolecular Hbond substituents is 1. The molecule has 1 fully saturated rings. The number of rotatable bonds is 4. The van der Waals surface area contributed by atoms with Crippen molar-refractivity contribution in [2.45, 2.75) is 6.42 Å². The molecule has 0 atom stereocenters. The first kappa shape index (κ1) is 16.0. The van der Waals surface area contributed by atoms with Crippen LogP contribution in [0.25, 0.3) is 5.69 Å². The van der Waals surface area contributed by atoms with E-state index in [0.717, 1.165) is 0 Å². The average Bonchev–Trinajstić information content (AvgIpc) is 2.56. The van der Waals surface area contributed by atoms with Gasteiger partial charge in [0, 0.05) is 19.2 Å². The fourth-order valence-corrected chi connectivity index (χ4v) is 2.66. The molecule has 1 saturated heterocycles. The van der Waals surface area contributed by atoms with Crippen LogP contribution in [0, 0.1) is 0 Å². The highest BCUT2D eigenvalue weighted by atomic mass is 16.5. The number of phenols is 1. The van der Waals surface area contributed by atoms with Crippen LogP contribution in [0.1, 0.15) is 5.82 Å². The van der Waals surface area contributed by atoms with Crippen molar-refractivity contribution in [3.63, 3.8) is 0 Å². The molecule has 1 aromatic heterocycles. The number of primary amides is 1. The van der Waals surface area contributed by atoms with Gasteiger partial charge in [0.1, 0.15) is 17.4 Å². The number of nitrogens with zero attached hydrogens (tertiary/aromatic N) is 3. The quantitative estimate of drug-likeness (QED) is 0.803. The number of benzene rings is 1. The van der Waals surface area contributed by atoms with Gasteiger partial charge in [-0.25, -0.2) is 4.98 Å². The monoisotopic (exact) mass is 330 g/mol. The first-order chi connectivity index (χ1) is 11.6. The number of nitrogens with two attached hydrogens (primary N) is 1. The number of hydrogen-bond donors (Lipinski definition) is 2. The van der Waals surface area contributed by atoms with Crippen LogP contribution in [0.3, 0.4) is 0 Å². The number of carbonyl (C=O) groups is 1. The third kappa shape index (κ3) is 3.23. The van der Waals surface area contributed by atoms with E-state index in [1.54, 1.807) is 18.2 Å². The van der Waals surface area contributed by atoms with E-state index in [1.165, 1.54) is 16.7 Å². The number of carbonyl (C=O) groups excluding carboxylic acids is 1. The predicted molar refractivity (Wildman–Crippen MR) is 87.4 cm³/mol. The number of anilines is 1. The fraction of sp³-hybridized carbons (Fsp3) is 0.312. The summed E-state index contributed by atoms with van der Waals surface area (Å²) in [5, 5.41) is 10.0. The number of aromatic hydroxyl groups is 1. The lowest BCUT2D eigenvalue weighted by atomic mass is 10.2. The minimum absolute atomic E-state index is 0.0776. The Balaban J connectivity index is 2.12. The lowest BCUT2D eigenvalue weighted by Crippen LogP contribution is -2.38. The van der Waals surface area contributed by atoms with Crippen molar-refractivity contribution in [3.8, 4) is 11.4 Å². The number of para-hydroxylation sites is 2. The van der Waals surface area contributed by atoms with Crippen molar-refractivity contribution in [1.29, 1.82) is 0 Å². The highest BCUT2D eigenvalue weighted by Gasteiger charge is 2.19. The Morgan fingerprint density at radius 2 is 2.00 bits per heavy atom. The minimum Gasteiger partial charge on any atom is -0.506 e. The van der Waals surface area contributed by atoms with E-state index in [4.69, 9.17) is 10.5 Å². The van der Waals surface area contributed by atoms with Crippen molar-refractivity contribution in [1.82, 2.24) is 9.55 Å². The number of hydrogen-bond acceptors (Lipinski definition) is 6. The normalized spacial score (nSPS) is 14.6. The molecular weight excluding hydrogens is 312 g/mol. The summed E-state index contributed by atoms with van der Waals surface area (Å²) in [4.78, 5) is 30.4. The Kier molecular flexibility index (Phi) is 4.48. The Labute approximate surface area is 138 Å². The van der Waals surface area contributed by atoms with Crippen LogP contribution in [-0.2, 0) is 16.0 Å². The Morgan fingerprint density at radius 3 is 2.67 bits per heavy atom. The molecule has 1 aromatic carbocycles. The van der Waals surface area contributed by atoms with Crippen molar-refractivity contribution < 1.29 is 14.6 Å². The maximum Gasteiger partial charge on any atom is 0.260 e. The zero-order chi connectivity index (χ0) is 17.1. The number of aromatic nitrogens is 2. The van der Waals surface area contributed by atoms with E-state index in [-0.39, 0.29) is 29.2 Å². The second-order valence-electron chi connectivity index (χ2n) is 5.44. The summed E-state index contributed by atoms with van der Waals surface area (Å²) >= 11 is 0. The summed E-state index contributed by atoms with van der Waals surface area (Å²) in [5.41, 5.74) is 5.18. The molecule has 8 heteroatoms. The fourth-order valence-electron chi connectivity index (χ4n) is 2.66. The Hall–Kier alpha value is -2.87. The van der Waals surface area contributed by atoms with Crippen LogP contribution in [-0.4, -0.2) is 46.9 Å². The summed E-state index contributed by atoms with van der Waals surface area (Å²) in [7, 11) is 0. The maximum absolute atomic E-state index is 12.6. The zero-order valence-corrected chi connectivity index (χ0v) is 13.0. The minimum atomic E-state index is -0.606. The predicted octanol–water partition coefficient (Wildman–Crippen LogP) is -0.197. The van der Waals surface area contributed by atoms with Gasteiger partial charge in [0.15, 0.2) is 0 Å². The van der Waals surface area contributed by atoms with Gasteiger partial charge in [-0.1, -0.05) is 12.1 Å². The SMILES string of the molecule is NC(=O)Cc1nc(N2CCOCC2)cc(=O)n1-c1ccccc1O. The van der Waals surface area contributed by atoms with Gasteiger partial charge in [-0.05, 0) is 12.1 Å². The van der Waals surface area contributed by atoms with Crippen molar-refractivity contribution in [2.24, 2.45) is 5.73 Å². The summed E-state index contributed by atoms with van der Waals surface area (Å²) in [6, 6.07) is 7.77. The Bertz CT molecular complexity index is 812. The maximum atomic E-state index is 12.6. The van der Waals surface area contributed by atoms with Gasteiger partial charge in [0.2, 0.25) is 5.91 Å². The molecule has 0 unspecified atom stereocenters. The lowest BCUT2D eigenvalue weighted by Gasteiger charge is -2.28. The van der Waals surface area contributed by atoms with E-state index in [1.807, 2.05) is 4.90 Å². The van der Waals surface area contributed by atoms with Crippen LogP contribution in [0.2, 0.25) is 0 Å². The second-order valence-corrected chi connectivity index (χ2v) is 5.44. The molecule has 1 aliphatic rings. The van der Waals surface area contributed by atoms with Crippen LogP contribution in [0.15, 0.2) is 35.1 Å². The lowest BCUT2D eigenvalue weighted by molar-refractivity contribution is -0.117. The van der Waals surface area contributed by atoms with Crippen molar-refractivity contribution >= 4 is 11.7 Å². The van der Waals surface area contributed by atoms with Gasteiger partial charge in [-0.2, -0.15) is 0 Å². The van der Waals surface area contributed by atoms with E-state index in [0.29, 0.717) is 32.1 Å². The zero-order valence-electron chi connectivity index (χ0n) is 13.0. The molecule has 0 saturated carbocycles. The third-order valence-corrected chi connectivity index (χ3v) is 3.76. The van der Waals surface area contributed by atoms with Crippen LogP contribution < -0.4 is 16.2 Å². The highest BCUT2D eigenvalue weighted by molar-refractivity contribution is 5.76. The molecule has 24 heavy (non-hydrogen) atoms. The van der Waals surface area contributed by atoms with Crippen LogP contribution in [0.5, 0.6) is 5.75 Å². The molecule has 0 bridgehead atoms. The van der Waals surface area contributed by atoms with Gasteiger partial charge < -0.3 is 20.5 Å². The Morgan fingerprint density at radius 1 is 1.29 bits per heavy atom. The first-order valence-electron chi connectivity index (χ1n) is 7.58.